The van der Waals surface area contributed by atoms with Crippen molar-refractivity contribution in [1.82, 2.24) is 9.69 Å². The first-order valence-electron chi connectivity index (χ1n) is 4.22. The van der Waals surface area contributed by atoms with Gasteiger partial charge in [-0.15, -0.1) is 0 Å². The van der Waals surface area contributed by atoms with Gasteiger partial charge in [0.1, 0.15) is 11.4 Å². The molecule has 0 aliphatic heterocycles. The second kappa shape index (κ2) is 3.18. The number of methoxy groups -OCH3 is 1. The van der Waals surface area contributed by atoms with E-state index in [1.807, 2.05) is 18.2 Å². The molecule has 0 spiro atoms. The largest absolute Gasteiger partial charge is 0.497 e. The average molecular weight is 188 g/mol. The molecule has 4 nitrogen and oxygen atoms in total. The summed E-state index contributed by atoms with van der Waals surface area (Å²) in [6.07, 6.45) is 0.759. The molecule has 0 aliphatic carbocycles. The number of aldehydes is 1. The minimum atomic E-state index is 0.463. The normalized spacial score (nSPS) is 10.4. The van der Waals surface area contributed by atoms with Crippen molar-refractivity contribution in [3.8, 4) is 5.75 Å². The maximum atomic E-state index is 10.7. The van der Waals surface area contributed by atoms with E-state index in [-0.39, 0.29) is 0 Å². The van der Waals surface area contributed by atoms with Crippen LogP contribution in [0.1, 0.15) is 10.5 Å². The van der Waals surface area contributed by atoms with Gasteiger partial charge in [0.2, 0.25) is 7.98 Å². The fraction of sp³-hybridized carbons (Fsp3) is 0.111. The first-order chi connectivity index (χ1) is 6.76. The summed E-state index contributed by atoms with van der Waals surface area (Å²) in [5, 5.41) is 4.93. The second-order valence-electron chi connectivity index (χ2n) is 3.01. The van der Waals surface area contributed by atoms with Gasteiger partial charge in [-0.1, -0.05) is 0 Å². The van der Waals surface area contributed by atoms with E-state index >= 15 is 0 Å². The first kappa shape index (κ1) is 8.81. The lowest BCUT2D eigenvalue weighted by Crippen LogP contribution is -1.94. The number of rotatable bonds is 2. The minimum Gasteiger partial charge on any atom is -0.497 e. The minimum absolute atomic E-state index is 0.463. The van der Waals surface area contributed by atoms with Crippen LogP contribution >= 0.6 is 0 Å². The van der Waals surface area contributed by atoms with Crippen LogP contribution in [0.15, 0.2) is 18.2 Å². The molecule has 0 aliphatic rings. The number of fused-ring (bicyclic) bond motifs is 1. The molecule has 0 fully saturated rings. The maximum absolute atomic E-state index is 10.7. The predicted octanol–water partition coefficient (Wildman–Crippen LogP) is 0.254. The lowest BCUT2D eigenvalue weighted by atomic mass is 10.2. The average Bonchev–Trinajstić information content (AvgIpc) is 2.55. The predicted molar refractivity (Wildman–Crippen MR) is 55.6 cm³/mol. The SMILES string of the molecule is Bn1nc(C=O)c2ccc(OC)cc21. The molecule has 0 bridgehead atoms. The molecule has 0 saturated carbocycles. The number of carbonyl (C=O) groups excluding carboxylic acids is 1. The van der Waals surface area contributed by atoms with Gasteiger partial charge in [-0.2, -0.15) is 5.10 Å². The Hall–Kier alpha value is -1.78. The van der Waals surface area contributed by atoms with Crippen molar-refractivity contribution in [3.63, 3.8) is 0 Å². The van der Waals surface area contributed by atoms with Gasteiger partial charge in [0.15, 0.2) is 6.29 Å². The molecule has 0 unspecified atom stereocenters. The molecule has 1 aromatic carbocycles. The van der Waals surface area contributed by atoms with Crippen molar-refractivity contribution in [3.05, 3.63) is 23.9 Å². The van der Waals surface area contributed by atoms with Gasteiger partial charge in [-0.05, 0) is 12.1 Å². The highest BCUT2D eigenvalue weighted by Gasteiger charge is 2.07. The van der Waals surface area contributed by atoms with Gasteiger partial charge in [0.25, 0.3) is 0 Å². The summed E-state index contributed by atoms with van der Waals surface area (Å²) in [7, 11) is 3.41. The van der Waals surface area contributed by atoms with E-state index in [2.05, 4.69) is 5.10 Å². The summed E-state index contributed by atoms with van der Waals surface area (Å²) in [5.74, 6) is 0.762. The van der Waals surface area contributed by atoms with Crippen molar-refractivity contribution < 1.29 is 9.53 Å². The van der Waals surface area contributed by atoms with Gasteiger partial charge in [-0.25, -0.2) is 0 Å². The lowest BCUT2D eigenvalue weighted by molar-refractivity contribution is 0.112. The smallest absolute Gasteiger partial charge is 0.249 e. The Morgan fingerprint density at radius 3 is 3.00 bits per heavy atom. The number of hydrogen-bond donors (Lipinski definition) is 0. The molecule has 2 rings (SSSR count). The fourth-order valence-electron chi connectivity index (χ4n) is 1.48. The zero-order chi connectivity index (χ0) is 10.1. The Morgan fingerprint density at radius 1 is 1.57 bits per heavy atom. The van der Waals surface area contributed by atoms with Crippen LogP contribution in [0.25, 0.3) is 10.9 Å². The Morgan fingerprint density at radius 2 is 2.36 bits per heavy atom. The van der Waals surface area contributed by atoms with Crippen LogP contribution in [-0.4, -0.2) is 31.1 Å². The summed E-state index contributed by atoms with van der Waals surface area (Å²) in [4.78, 5) is 10.7. The molecule has 0 N–H and O–H groups in total. The monoisotopic (exact) mass is 188 g/mol. The lowest BCUT2D eigenvalue weighted by Gasteiger charge is -1.99. The van der Waals surface area contributed by atoms with E-state index in [1.54, 1.807) is 19.7 Å². The topological polar surface area (TPSA) is 44.1 Å². The molecular weight excluding hydrogens is 179 g/mol. The zero-order valence-electron chi connectivity index (χ0n) is 8.02. The number of ether oxygens (including phenoxy) is 1. The molecule has 2 aromatic rings. The third-order valence-electron chi connectivity index (χ3n) is 2.20. The highest BCUT2D eigenvalue weighted by Crippen LogP contribution is 2.21. The standard InChI is InChI=1S/C9H9BN2O2/c1-14-6-2-3-7-8(5-13)11-12(10)9(7)4-6/h2-5H,10H2,1H3. The van der Waals surface area contributed by atoms with E-state index in [0.717, 1.165) is 22.9 Å². The van der Waals surface area contributed by atoms with E-state index in [1.165, 1.54) is 0 Å². The molecule has 14 heavy (non-hydrogen) atoms. The Balaban J connectivity index is 2.76. The van der Waals surface area contributed by atoms with E-state index < -0.39 is 0 Å². The quantitative estimate of drug-likeness (QED) is 0.501. The Labute approximate surface area is 81.9 Å². The van der Waals surface area contributed by atoms with Gasteiger partial charge in [0.05, 0.1) is 12.6 Å². The van der Waals surface area contributed by atoms with E-state index in [9.17, 15) is 4.79 Å². The third kappa shape index (κ3) is 1.17. The number of hydrogen-bond acceptors (Lipinski definition) is 3. The Bertz CT molecular complexity index is 493. The van der Waals surface area contributed by atoms with Gasteiger partial charge in [0, 0.05) is 11.5 Å². The van der Waals surface area contributed by atoms with Crippen molar-refractivity contribution in [2.24, 2.45) is 0 Å². The molecule has 70 valence electrons. The number of carbonyl (C=O) groups is 1. The highest BCUT2D eigenvalue weighted by atomic mass is 16.5. The van der Waals surface area contributed by atoms with Crippen molar-refractivity contribution >= 4 is 25.2 Å². The maximum Gasteiger partial charge on any atom is 0.249 e. The molecule has 5 heteroatoms. The molecule has 0 amide bonds. The molecule has 0 saturated heterocycles. The van der Waals surface area contributed by atoms with E-state index in [4.69, 9.17) is 4.74 Å². The fourth-order valence-corrected chi connectivity index (χ4v) is 1.48. The highest BCUT2D eigenvalue weighted by molar-refractivity contribution is 6.12. The van der Waals surface area contributed by atoms with Crippen LogP contribution in [-0.2, 0) is 0 Å². The molecule has 0 atom stereocenters. The van der Waals surface area contributed by atoms with Crippen LogP contribution in [0, 0.1) is 0 Å². The molecule has 1 aromatic heterocycles. The third-order valence-corrected chi connectivity index (χ3v) is 2.20. The van der Waals surface area contributed by atoms with Crippen LogP contribution < -0.4 is 4.74 Å². The van der Waals surface area contributed by atoms with E-state index in [0.29, 0.717) is 5.69 Å². The van der Waals surface area contributed by atoms with Gasteiger partial charge < -0.3 is 9.33 Å². The first-order valence-corrected chi connectivity index (χ1v) is 4.22. The van der Waals surface area contributed by atoms with Crippen LogP contribution in [0.2, 0.25) is 0 Å². The second-order valence-corrected chi connectivity index (χ2v) is 3.01. The summed E-state index contributed by atoms with van der Waals surface area (Å²) in [6, 6.07) is 5.51. The van der Waals surface area contributed by atoms with Crippen molar-refractivity contribution in [1.29, 1.82) is 0 Å². The Kier molecular flexibility index (Phi) is 2.00. The van der Waals surface area contributed by atoms with Gasteiger partial charge >= 0.3 is 0 Å². The van der Waals surface area contributed by atoms with Crippen LogP contribution in [0.5, 0.6) is 5.75 Å². The number of benzene rings is 1. The molecule has 1 heterocycles. The van der Waals surface area contributed by atoms with Crippen LogP contribution in [0.4, 0.5) is 0 Å². The summed E-state index contributed by atoms with van der Waals surface area (Å²) in [6.45, 7) is 0. The van der Waals surface area contributed by atoms with Crippen molar-refractivity contribution in [2.75, 3.05) is 7.11 Å². The zero-order valence-corrected chi connectivity index (χ0v) is 8.02. The molecular formula is C9H9BN2O2. The number of nitrogens with zero attached hydrogens (tertiary/aromatic N) is 2. The summed E-state index contributed by atoms with van der Waals surface area (Å²) in [5.41, 5.74) is 1.36. The summed E-state index contributed by atoms with van der Waals surface area (Å²) >= 11 is 0. The van der Waals surface area contributed by atoms with Crippen LogP contribution in [0.3, 0.4) is 0 Å². The van der Waals surface area contributed by atoms with Crippen molar-refractivity contribution in [2.45, 2.75) is 0 Å². The molecule has 0 radical (unpaired) electrons. The summed E-state index contributed by atoms with van der Waals surface area (Å²) < 4.78 is 6.76. The van der Waals surface area contributed by atoms with Gasteiger partial charge in [-0.3, -0.25) is 4.79 Å². The number of aromatic nitrogens is 2.